The van der Waals surface area contributed by atoms with Gasteiger partial charge in [-0.15, -0.1) is 0 Å². The van der Waals surface area contributed by atoms with Crippen LogP contribution < -0.4 is 5.48 Å². The van der Waals surface area contributed by atoms with Gasteiger partial charge in [0.05, 0.1) is 0 Å². The SMILES string of the molecule is C=C(O)CONC. The van der Waals surface area contributed by atoms with E-state index in [1.54, 1.807) is 7.05 Å². The molecule has 0 spiro atoms. The minimum atomic E-state index is 0.0225. The normalized spacial score (nSPS) is 8.71. The predicted molar refractivity (Wildman–Crippen MR) is 26.8 cm³/mol. The Hall–Kier alpha value is -0.540. The van der Waals surface area contributed by atoms with Gasteiger partial charge in [-0.3, -0.25) is 4.84 Å². The molecular formula is C4H9NO2. The zero-order valence-electron chi connectivity index (χ0n) is 4.27. The molecule has 0 unspecified atom stereocenters. The van der Waals surface area contributed by atoms with Gasteiger partial charge in [-0.25, -0.2) is 5.48 Å². The molecule has 0 bridgehead atoms. The lowest BCUT2D eigenvalue weighted by molar-refractivity contribution is 0.0575. The second kappa shape index (κ2) is 3.64. The predicted octanol–water partition coefficient (Wildman–Crippen LogP) is 0.209. The van der Waals surface area contributed by atoms with Crippen LogP contribution in [0, 0.1) is 0 Å². The Bertz CT molecular complexity index is 62.7. The Labute approximate surface area is 42.6 Å². The lowest BCUT2D eigenvalue weighted by Gasteiger charge is -1.95. The van der Waals surface area contributed by atoms with Gasteiger partial charge in [-0.05, 0) is 0 Å². The monoisotopic (exact) mass is 103 g/mol. The van der Waals surface area contributed by atoms with E-state index in [4.69, 9.17) is 5.11 Å². The Morgan fingerprint density at radius 2 is 2.57 bits per heavy atom. The van der Waals surface area contributed by atoms with E-state index >= 15 is 0 Å². The summed E-state index contributed by atoms with van der Waals surface area (Å²) < 4.78 is 0. The second-order valence-electron chi connectivity index (χ2n) is 1.06. The Kier molecular flexibility index (Phi) is 3.36. The van der Waals surface area contributed by atoms with Gasteiger partial charge in [0.2, 0.25) is 0 Å². The molecule has 3 heteroatoms. The van der Waals surface area contributed by atoms with Gasteiger partial charge < -0.3 is 5.11 Å². The summed E-state index contributed by atoms with van der Waals surface area (Å²) in [6.45, 7) is 3.33. The van der Waals surface area contributed by atoms with E-state index < -0.39 is 0 Å². The molecule has 0 atom stereocenters. The molecule has 0 amide bonds. The molecule has 0 aromatic heterocycles. The summed E-state index contributed by atoms with van der Waals surface area (Å²) in [6.07, 6.45) is 0. The van der Waals surface area contributed by atoms with Crippen LogP contribution in [-0.2, 0) is 4.84 Å². The number of nitrogens with one attached hydrogen (secondary N) is 1. The molecule has 2 N–H and O–H groups in total. The molecule has 0 radical (unpaired) electrons. The van der Waals surface area contributed by atoms with Crippen LogP contribution >= 0.6 is 0 Å². The van der Waals surface area contributed by atoms with Crippen molar-refractivity contribution in [2.45, 2.75) is 0 Å². The molecule has 0 saturated carbocycles. The van der Waals surface area contributed by atoms with E-state index in [-0.39, 0.29) is 12.4 Å². The largest absolute Gasteiger partial charge is 0.510 e. The van der Waals surface area contributed by atoms with Crippen LogP contribution in [0.25, 0.3) is 0 Å². The van der Waals surface area contributed by atoms with Gasteiger partial charge in [0.25, 0.3) is 0 Å². The molecule has 0 aromatic carbocycles. The Morgan fingerprint density at radius 3 is 2.71 bits per heavy atom. The summed E-state index contributed by atoms with van der Waals surface area (Å²) in [5, 5.41) is 8.32. The fourth-order valence-electron chi connectivity index (χ4n) is 0.155. The molecule has 42 valence electrons. The first-order valence-electron chi connectivity index (χ1n) is 1.92. The first kappa shape index (κ1) is 6.46. The van der Waals surface area contributed by atoms with Gasteiger partial charge in [0.1, 0.15) is 12.4 Å². The van der Waals surface area contributed by atoms with E-state index in [2.05, 4.69) is 16.9 Å². The highest BCUT2D eigenvalue weighted by Gasteiger charge is 1.82. The van der Waals surface area contributed by atoms with Crippen molar-refractivity contribution in [2.24, 2.45) is 0 Å². The van der Waals surface area contributed by atoms with Crippen molar-refractivity contribution in [2.75, 3.05) is 13.7 Å². The van der Waals surface area contributed by atoms with Gasteiger partial charge in [-0.1, -0.05) is 6.58 Å². The lowest BCUT2D eigenvalue weighted by atomic mass is 10.6. The van der Waals surface area contributed by atoms with Crippen molar-refractivity contribution >= 4 is 0 Å². The number of aliphatic hydroxyl groups excluding tert-OH is 1. The summed E-state index contributed by atoms with van der Waals surface area (Å²) in [5.74, 6) is 0.0225. The van der Waals surface area contributed by atoms with Gasteiger partial charge >= 0.3 is 0 Å². The zero-order chi connectivity index (χ0) is 5.70. The van der Waals surface area contributed by atoms with E-state index in [1.807, 2.05) is 0 Å². The minimum absolute atomic E-state index is 0.0225. The molecular weight excluding hydrogens is 94.0 g/mol. The van der Waals surface area contributed by atoms with Crippen LogP contribution in [0.3, 0.4) is 0 Å². The van der Waals surface area contributed by atoms with Crippen LogP contribution in [0.4, 0.5) is 0 Å². The third-order valence-electron chi connectivity index (χ3n) is 0.383. The maximum absolute atomic E-state index is 8.32. The quantitative estimate of drug-likeness (QED) is 0.396. The number of hydrogen-bond acceptors (Lipinski definition) is 3. The molecule has 7 heavy (non-hydrogen) atoms. The summed E-state index contributed by atoms with van der Waals surface area (Å²) in [5.41, 5.74) is 2.38. The molecule has 0 rings (SSSR count). The molecule has 0 aliphatic rings. The fourth-order valence-corrected chi connectivity index (χ4v) is 0.155. The van der Waals surface area contributed by atoms with E-state index in [1.165, 1.54) is 0 Å². The van der Waals surface area contributed by atoms with Crippen molar-refractivity contribution in [3.63, 3.8) is 0 Å². The number of rotatable bonds is 3. The highest BCUT2D eigenvalue weighted by Crippen LogP contribution is 1.77. The smallest absolute Gasteiger partial charge is 0.124 e. The summed E-state index contributed by atoms with van der Waals surface area (Å²) >= 11 is 0. The van der Waals surface area contributed by atoms with Gasteiger partial charge in [-0.2, -0.15) is 0 Å². The molecule has 3 nitrogen and oxygen atoms in total. The third kappa shape index (κ3) is 5.46. The van der Waals surface area contributed by atoms with Crippen LogP contribution in [0.1, 0.15) is 0 Å². The topological polar surface area (TPSA) is 41.5 Å². The number of hydrogen-bond donors (Lipinski definition) is 2. The van der Waals surface area contributed by atoms with Crippen LogP contribution in [0.2, 0.25) is 0 Å². The third-order valence-corrected chi connectivity index (χ3v) is 0.383. The van der Waals surface area contributed by atoms with E-state index in [0.717, 1.165) is 0 Å². The lowest BCUT2D eigenvalue weighted by Crippen LogP contribution is -2.09. The number of hydroxylamine groups is 1. The van der Waals surface area contributed by atoms with Crippen LogP contribution in [-0.4, -0.2) is 18.8 Å². The second-order valence-corrected chi connectivity index (χ2v) is 1.06. The first-order chi connectivity index (χ1) is 3.27. The van der Waals surface area contributed by atoms with Crippen molar-refractivity contribution < 1.29 is 9.94 Å². The average Bonchev–Trinajstić information content (AvgIpc) is 1.61. The molecule has 0 aliphatic carbocycles. The summed E-state index contributed by atoms with van der Waals surface area (Å²) in [4.78, 5) is 4.50. The molecule has 0 fully saturated rings. The fraction of sp³-hybridized carbons (Fsp3) is 0.500. The molecule has 0 aromatic rings. The molecule has 0 saturated heterocycles. The Morgan fingerprint density at radius 1 is 2.00 bits per heavy atom. The van der Waals surface area contributed by atoms with E-state index in [0.29, 0.717) is 0 Å². The maximum Gasteiger partial charge on any atom is 0.124 e. The molecule has 0 aliphatic heterocycles. The minimum Gasteiger partial charge on any atom is -0.510 e. The van der Waals surface area contributed by atoms with Crippen LogP contribution in [0.5, 0.6) is 0 Å². The van der Waals surface area contributed by atoms with Crippen molar-refractivity contribution in [1.29, 1.82) is 0 Å². The summed E-state index contributed by atoms with van der Waals surface area (Å²) in [7, 11) is 1.61. The summed E-state index contributed by atoms with van der Waals surface area (Å²) in [6, 6.07) is 0. The van der Waals surface area contributed by atoms with Crippen molar-refractivity contribution in [3.05, 3.63) is 12.3 Å². The van der Waals surface area contributed by atoms with Crippen molar-refractivity contribution in [3.8, 4) is 0 Å². The van der Waals surface area contributed by atoms with Gasteiger partial charge in [0.15, 0.2) is 0 Å². The zero-order valence-corrected chi connectivity index (χ0v) is 4.27. The first-order valence-corrected chi connectivity index (χ1v) is 1.92. The van der Waals surface area contributed by atoms with Gasteiger partial charge in [0, 0.05) is 7.05 Å². The highest BCUT2D eigenvalue weighted by molar-refractivity contribution is 4.76. The standard InChI is InChI=1S/C4H9NO2/c1-4(6)3-7-5-2/h5-6H,1,3H2,2H3. The number of aliphatic hydroxyl groups is 1. The Balaban J connectivity index is 2.82. The van der Waals surface area contributed by atoms with Crippen molar-refractivity contribution in [1.82, 2.24) is 5.48 Å². The van der Waals surface area contributed by atoms with Crippen LogP contribution in [0.15, 0.2) is 12.3 Å². The van der Waals surface area contributed by atoms with E-state index in [9.17, 15) is 0 Å². The molecule has 0 heterocycles. The average molecular weight is 103 g/mol. The highest BCUT2D eigenvalue weighted by atomic mass is 16.6. The maximum atomic E-state index is 8.32.